The molecule has 2 nitrogen and oxygen atoms in total. The fourth-order valence-corrected chi connectivity index (χ4v) is 3.45. The molecule has 0 aromatic heterocycles. The molecule has 0 radical (unpaired) electrons. The lowest BCUT2D eigenvalue weighted by Crippen LogP contribution is -2.32. The van der Waals surface area contributed by atoms with Gasteiger partial charge >= 0.3 is 0 Å². The van der Waals surface area contributed by atoms with Crippen LogP contribution in [0.5, 0.6) is 0 Å². The summed E-state index contributed by atoms with van der Waals surface area (Å²) in [5.74, 6) is 0. The van der Waals surface area contributed by atoms with Crippen molar-refractivity contribution in [3.8, 4) is 0 Å². The maximum atomic E-state index is 10.0. The Morgan fingerprint density at radius 3 is 1.33 bits per heavy atom. The zero-order chi connectivity index (χ0) is 17.9. The highest BCUT2D eigenvalue weighted by atomic mass is 16.3. The van der Waals surface area contributed by atoms with Crippen molar-refractivity contribution in [1.29, 1.82) is 0 Å². The molecule has 1 N–H and O–H groups in total. The van der Waals surface area contributed by atoms with Crippen molar-refractivity contribution in [3.05, 3.63) is 0 Å². The summed E-state index contributed by atoms with van der Waals surface area (Å²) in [6.45, 7) is 9.57. The third kappa shape index (κ3) is 16.8. The Morgan fingerprint density at radius 1 is 0.583 bits per heavy atom. The molecule has 24 heavy (non-hydrogen) atoms. The summed E-state index contributed by atoms with van der Waals surface area (Å²) in [4.78, 5) is 2.31. The van der Waals surface area contributed by atoms with E-state index in [2.05, 4.69) is 25.7 Å². The molecule has 0 fully saturated rings. The van der Waals surface area contributed by atoms with Crippen molar-refractivity contribution in [2.24, 2.45) is 0 Å². The van der Waals surface area contributed by atoms with E-state index in [-0.39, 0.29) is 6.10 Å². The van der Waals surface area contributed by atoms with Gasteiger partial charge in [-0.15, -0.1) is 0 Å². The Balaban J connectivity index is 3.17. The normalized spacial score (nSPS) is 12.9. The molecule has 0 aromatic carbocycles. The average molecular weight is 342 g/mol. The van der Waals surface area contributed by atoms with Gasteiger partial charge in [0.1, 0.15) is 0 Å². The summed E-state index contributed by atoms with van der Waals surface area (Å²) in [6.07, 6.45) is 20.4. The molecule has 1 atom stereocenters. The molecule has 146 valence electrons. The van der Waals surface area contributed by atoms with E-state index in [4.69, 9.17) is 0 Å². The van der Waals surface area contributed by atoms with Crippen LogP contribution in [0.2, 0.25) is 0 Å². The molecular weight excluding hydrogens is 294 g/mol. The maximum Gasteiger partial charge on any atom is 0.0667 e. The van der Waals surface area contributed by atoms with Gasteiger partial charge in [0.15, 0.2) is 0 Å². The highest BCUT2D eigenvalue weighted by Gasteiger charge is 2.08. The smallest absolute Gasteiger partial charge is 0.0667 e. The summed E-state index contributed by atoms with van der Waals surface area (Å²) in [6, 6.07) is 0. The number of unbranched alkanes of at least 4 members (excludes halogenated alkanes) is 13. The lowest BCUT2D eigenvalue weighted by atomic mass is 10.0. The highest BCUT2D eigenvalue weighted by molar-refractivity contribution is 4.62. The number of hydrogen-bond acceptors (Lipinski definition) is 2. The van der Waals surface area contributed by atoms with Crippen LogP contribution in [0, 0.1) is 0 Å². The Kier molecular flexibility index (Phi) is 19.2. The molecule has 0 rings (SSSR count). The van der Waals surface area contributed by atoms with Gasteiger partial charge in [-0.25, -0.2) is 0 Å². The average Bonchev–Trinajstić information content (AvgIpc) is 2.60. The molecular formula is C22H47NO. The van der Waals surface area contributed by atoms with Crippen molar-refractivity contribution in [2.45, 2.75) is 123 Å². The molecule has 0 aliphatic rings. The minimum absolute atomic E-state index is 0.123. The molecule has 0 bridgehead atoms. The van der Waals surface area contributed by atoms with Gasteiger partial charge in [0, 0.05) is 6.54 Å². The predicted octanol–water partition coefficient (Wildman–Crippen LogP) is 6.56. The molecule has 0 aromatic rings. The van der Waals surface area contributed by atoms with Crippen LogP contribution in [0.25, 0.3) is 0 Å². The Hall–Kier alpha value is -0.0800. The van der Waals surface area contributed by atoms with Crippen LogP contribution in [0.4, 0.5) is 0 Å². The van der Waals surface area contributed by atoms with Gasteiger partial charge in [0.2, 0.25) is 0 Å². The summed E-state index contributed by atoms with van der Waals surface area (Å²) < 4.78 is 0. The zero-order valence-electron chi connectivity index (χ0n) is 17.2. The fraction of sp³-hybridized carbons (Fsp3) is 1.00. The lowest BCUT2D eigenvalue weighted by molar-refractivity contribution is 0.108. The van der Waals surface area contributed by atoms with Crippen LogP contribution in [0.15, 0.2) is 0 Å². The maximum absolute atomic E-state index is 10.0. The number of likely N-dealkylation sites (N-methyl/N-ethyl adjacent to an activating group) is 1. The third-order valence-electron chi connectivity index (χ3n) is 5.25. The van der Waals surface area contributed by atoms with Crippen molar-refractivity contribution in [3.63, 3.8) is 0 Å². The number of hydrogen-bond donors (Lipinski definition) is 1. The second-order valence-corrected chi connectivity index (χ2v) is 7.52. The molecule has 2 heteroatoms. The first-order valence-corrected chi connectivity index (χ1v) is 11.1. The van der Waals surface area contributed by atoms with Gasteiger partial charge in [-0.05, 0) is 19.5 Å². The van der Waals surface area contributed by atoms with Crippen LogP contribution in [0.3, 0.4) is 0 Å². The Bertz CT molecular complexity index is 228. The number of rotatable bonds is 19. The van der Waals surface area contributed by atoms with Gasteiger partial charge in [-0.2, -0.15) is 0 Å². The minimum Gasteiger partial charge on any atom is -0.392 e. The van der Waals surface area contributed by atoms with Crippen LogP contribution in [0.1, 0.15) is 117 Å². The van der Waals surface area contributed by atoms with Crippen LogP contribution in [-0.4, -0.2) is 35.7 Å². The first kappa shape index (κ1) is 23.9. The SMILES string of the molecule is CCCCCCCCCCCCCCCCC(O)CN(CC)CC. The number of aliphatic hydroxyl groups is 1. The van der Waals surface area contributed by atoms with Crippen LogP contribution in [-0.2, 0) is 0 Å². The largest absolute Gasteiger partial charge is 0.392 e. The number of aliphatic hydroxyl groups excluding tert-OH is 1. The summed E-state index contributed by atoms with van der Waals surface area (Å²) >= 11 is 0. The molecule has 0 spiro atoms. The van der Waals surface area contributed by atoms with E-state index in [0.717, 1.165) is 26.1 Å². The van der Waals surface area contributed by atoms with E-state index in [1.165, 1.54) is 89.9 Å². The standard InChI is InChI=1S/C22H47NO/c1-4-7-8-9-10-11-12-13-14-15-16-17-18-19-20-22(24)21-23(5-2)6-3/h22,24H,4-21H2,1-3H3. The molecule has 0 aliphatic carbocycles. The molecule has 0 saturated heterocycles. The van der Waals surface area contributed by atoms with Crippen LogP contribution < -0.4 is 0 Å². The lowest BCUT2D eigenvalue weighted by Gasteiger charge is -2.21. The molecule has 0 heterocycles. The second-order valence-electron chi connectivity index (χ2n) is 7.52. The highest BCUT2D eigenvalue weighted by Crippen LogP contribution is 2.13. The minimum atomic E-state index is -0.123. The summed E-state index contributed by atoms with van der Waals surface area (Å²) in [7, 11) is 0. The second kappa shape index (κ2) is 19.2. The molecule has 0 amide bonds. The van der Waals surface area contributed by atoms with E-state index in [1.807, 2.05) is 0 Å². The zero-order valence-corrected chi connectivity index (χ0v) is 17.2. The Labute approximate surface area is 153 Å². The van der Waals surface area contributed by atoms with Crippen molar-refractivity contribution in [2.75, 3.05) is 19.6 Å². The van der Waals surface area contributed by atoms with Gasteiger partial charge in [0.05, 0.1) is 6.10 Å². The Morgan fingerprint density at radius 2 is 0.958 bits per heavy atom. The summed E-state index contributed by atoms with van der Waals surface area (Å²) in [5, 5.41) is 10.0. The van der Waals surface area contributed by atoms with E-state index >= 15 is 0 Å². The van der Waals surface area contributed by atoms with Crippen molar-refractivity contribution >= 4 is 0 Å². The van der Waals surface area contributed by atoms with E-state index in [0.29, 0.717) is 0 Å². The van der Waals surface area contributed by atoms with E-state index in [9.17, 15) is 5.11 Å². The monoisotopic (exact) mass is 341 g/mol. The predicted molar refractivity (Wildman–Crippen MR) is 109 cm³/mol. The summed E-state index contributed by atoms with van der Waals surface area (Å²) in [5.41, 5.74) is 0. The van der Waals surface area contributed by atoms with Crippen molar-refractivity contribution < 1.29 is 5.11 Å². The fourth-order valence-electron chi connectivity index (χ4n) is 3.45. The van der Waals surface area contributed by atoms with Gasteiger partial charge in [0.25, 0.3) is 0 Å². The van der Waals surface area contributed by atoms with Gasteiger partial charge in [-0.3, -0.25) is 0 Å². The van der Waals surface area contributed by atoms with Gasteiger partial charge in [-0.1, -0.05) is 111 Å². The van der Waals surface area contributed by atoms with Crippen molar-refractivity contribution in [1.82, 2.24) is 4.90 Å². The molecule has 1 unspecified atom stereocenters. The van der Waals surface area contributed by atoms with Gasteiger partial charge < -0.3 is 10.0 Å². The van der Waals surface area contributed by atoms with E-state index in [1.54, 1.807) is 0 Å². The quantitative estimate of drug-likeness (QED) is 0.269. The topological polar surface area (TPSA) is 23.5 Å². The first-order chi connectivity index (χ1) is 11.7. The number of nitrogens with zero attached hydrogens (tertiary/aromatic N) is 1. The first-order valence-electron chi connectivity index (χ1n) is 11.1. The molecule has 0 saturated carbocycles. The van der Waals surface area contributed by atoms with Crippen LogP contribution >= 0.6 is 0 Å². The van der Waals surface area contributed by atoms with E-state index < -0.39 is 0 Å². The molecule has 0 aliphatic heterocycles. The third-order valence-corrected chi connectivity index (χ3v) is 5.25.